The Labute approximate surface area is 182 Å². The number of hydrogen-bond donors (Lipinski definition) is 1. The molecule has 1 aromatic carbocycles. The molecule has 2 aliphatic rings. The number of fused-ring (bicyclic) bond motifs is 1. The van der Waals surface area contributed by atoms with Crippen LogP contribution in [0.5, 0.6) is 0 Å². The Bertz CT molecular complexity index is 1150. The molecule has 0 bridgehead atoms. The van der Waals surface area contributed by atoms with E-state index in [0.717, 1.165) is 50.8 Å². The van der Waals surface area contributed by atoms with Crippen molar-refractivity contribution < 1.29 is 18.0 Å². The Morgan fingerprint density at radius 3 is 2.59 bits per heavy atom. The summed E-state index contributed by atoms with van der Waals surface area (Å²) in [6.07, 6.45) is 0.870. The fourth-order valence-electron chi connectivity index (χ4n) is 4.48. The zero-order valence-corrected chi connectivity index (χ0v) is 17.6. The van der Waals surface area contributed by atoms with Gasteiger partial charge in [-0.2, -0.15) is 13.2 Å². The van der Waals surface area contributed by atoms with Gasteiger partial charge in [-0.15, -0.1) is 0 Å². The number of aryl methyl sites for hydroxylation is 1. The minimum absolute atomic E-state index is 0.131. The van der Waals surface area contributed by atoms with Crippen molar-refractivity contribution in [1.29, 1.82) is 0 Å². The number of anilines is 1. The number of aldehydes is 1. The van der Waals surface area contributed by atoms with Gasteiger partial charge in [0, 0.05) is 31.2 Å². The van der Waals surface area contributed by atoms with Crippen molar-refractivity contribution in [2.75, 3.05) is 18.4 Å². The van der Waals surface area contributed by atoms with Gasteiger partial charge >= 0.3 is 6.18 Å². The lowest BCUT2D eigenvalue weighted by Gasteiger charge is -2.22. The lowest BCUT2D eigenvalue weighted by atomic mass is 10.1. The van der Waals surface area contributed by atoms with Gasteiger partial charge in [-0.3, -0.25) is 4.90 Å². The van der Waals surface area contributed by atoms with Crippen molar-refractivity contribution in [1.82, 2.24) is 24.4 Å². The molecule has 2 fully saturated rings. The Balaban J connectivity index is 1.45. The summed E-state index contributed by atoms with van der Waals surface area (Å²) in [5, 5.41) is 3.45. The number of halogens is 3. The third-order valence-electron chi connectivity index (χ3n) is 6.46. The standard InChI is InChI=1S/C22H23F3N6O/c1-2-31-19(14-3-5-15(6-4-14)22(23,24)25)29-17-18(26-13-27-20(17)31)28-16-7-10-30(11-16)21(12-32)8-9-21/h3-6,12-13,16H,2,7-11H2,1H3,(H,26,27,28). The molecule has 1 aliphatic heterocycles. The van der Waals surface area contributed by atoms with E-state index < -0.39 is 11.7 Å². The zero-order chi connectivity index (χ0) is 22.5. The van der Waals surface area contributed by atoms with Gasteiger partial charge in [0.25, 0.3) is 0 Å². The molecule has 3 heterocycles. The van der Waals surface area contributed by atoms with Crippen molar-refractivity contribution in [3.63, 3.8) is 0 Å². The number of carbonyl (C=O) groups excluding carboxylic acids is 1. The molecule has 1 atom stereocenters. The van der Waals surface area contributed by atoms with Crippen LogP contribution in [-0.4, -0.2) is 55.4 Å². The number of benzene rings is 1. The molecular formula is C22H23F3N6O. The van der Waals surface area contributed by atoms with Crippen molar-refractivity contribution >= 4 is 23.3 Å². The molecule has 0 spiro atoms. The van der Waals surface area contributed by atoms with Crippen LogP contribution in [-0.2, 0) is 17.5 Å². The summed E-state index contributed by atoms with van der Waals surface area (Å²) in [6.45, 7) is 4.10. The van der Waals surface area contributed by atoms with E-state index in [-0.39, 0.29) is 11.6 Å². The third-order valence-corrected chi connectivity index (χ3v) is 6.46. The van der Waals surface area contributed by atoms with Crippen LogP contribution in [0.4, 0.5) is 19.0 Å². The fourth-order valence-corrected chi connectivity index (χ4v) is 4.48. The lowest BCUT2D eigenvalue weighted by Crippen LogP contribution is -2.38. The molecule has 1 aliphatic carbocycles. The van der Waals surface area contributed by atoms with Crippen LogP contribution in [0.1, 0.15) is 31.7 Å². The van der Waals surface area contributed by atoms with Gasteiger partial charge in [0.1, 0.15) is 18.4 Å². The molecule has 0 amide bonds. The van der Waals surface area contributed by atoms with E-state index in [1.807, 2.05) is 11.5 Å². The van der Waals surface area contributed by atoms with Crippen LogP contribution in [0.15, 0.2) is 30.6 Å². The van der Waals surface area contributed by atoms with E-state index >= 15 is 0 Å². The third kappa shape index (κ3) is 3.52. The van der Waals surface area contributed by atoms with Crippen LogP contribution < -0.4 is 5.32 Å². The van der Waals surface area contributed by atoms with Gasteiger partial charge in [-0.25, -0.2) is 15.0 Å². The van der Waals surface area contributed by atoms with Crippen molar-refractivity contribution in [3.8, 4) is 11.4 Å². The molecule has 1 saturated heterocycles. The van der Waals surface area contributed by atoms with Gasteiger partial charge in [0.15, 0.2) is 17.0 Å². The zero-order valence-electron chi connectivity index (χ0n) is 17.6. The number of imidazole rings is 1. The van der Waals surface area contributed by atoms with E-state index in [0.29, 0.717) is 34.9 Å². The van der Waals surface area contributed by atoms with E-state index in [1.165, 1.54) is 18.5 Å². The Kier molecular flexibility index (Phi) is 4.92. The largest absolute Gasteiger partial charge is 0.416 e. The molecule has 2 aromatic heterocycles. The molecule has 1 saturated carbocycles. The monoisotopic (exact) mass is 444 g/mol. The summed E-state index contributed by atoms with van der Waals surface area (Å²) in [5.41, 5.74) is 0.812. The Morgan fingerprint density at radius 1 is 1.22 bits per heavy atom. The number of nitrogens with zero attached hydrogens (tertiary/aromatic N) is 5. The van der Waals surface area contributed by atoms with Gasteiger partial charge in [-0.1, -0.05) is 12.1 Å². The second-order valence-corrected chi connectivity index (χ2v) is 8.45. The number of likely N-dealkylation sites (tertiary alicyclic amines) is 1. The predicted octanol–water partition coefficient (Wildman–Crippen LogP) is 3.75. The Morgan fingerprint density at radius 2 is 1.97 bits per heavy atom. The maximum atomic E-state index is 12.9. The van der Waals surface area contributed by atoms with Crippen molar-refractivity contribution in [2.45, 2.75) is 50.5 Å². The number of alkyl halides is 3. The number of carbonyl (C=O) groups is 1. The lowest BCUT2D eigenvalue weighted by molar-refractivity contribution is -0.137. The Hall–Kier alpha value is -3.01. The minimum Gasteiger partial charge on any atom is -0.364 e. The maximum absolute atomic E-state index is 12.9. The highest BCUT2D eigenvalue weighted by atomic mass is 19.4. The highest BCUT2D eigenvalue weighted by molar-refractivity contribution is 5.86. The first-order chi connectivity index (χ1) is 15.3. The topological polar surface area (TPSA) is 75.9 Å². The maximum Gasteiger partial charge on any atom is 0.416 e. The van der Waals surface area contributed by atoms with Crippen LogP contribution in [0.3, 0.4) is 0 Å². The smallest absolute Gasteiger partial charge is 0.364 e. The van der Waals surface area contributed by atoms with Gasteiger partial charge in [-0.05, 0) is 38.3 Å². The first-order valence-electron chi connectivity index (χ1n) is 10.7. The molecular weight excluding hydrogens is 421 g/mol. The van der Waals surface area contributed by atoms with E-state index in [4.69, 9.17) is 4.98 Å². The van der Waals surface area contributed by atoms with Gasteiger partial charge < -0.3 is 14.7 Å². The fraction of sp³-hybridized carbons (Fsp3) is 0.455. The average molecular weight is 444 g/mol. The molecule has 7 nitrogen and oxygen atoms in total. The second-order valence-electron chi connectivity index (χ2n) is 8.45. The van der Waals surface area contributed by atoms with E-state index in [9.17, 15) is 18.0 Å². The van der Waals surface area contributed by atoms with Crippen LogP contribution >= 0.6 is 0 Å². The molecule has 168 valence electrons. The van der Waals surface area contributed by atoms with Crippen LogP contribution in [0.2, 0.25) is 0 Å². The van der Waals surface area contributed by atoms with Crippen molar-refractivity contribution in [2.24, 2.45) is 0 Å². The summed E-state index contributed by atoms with van der Waals surface area (Å²) in [4.78, 5) is 27.1. The summed E-state index contributed by atoms with van der Waals surface area (Å²) in [6, 6.07) is 5.12. The summed E-state index contributed by atoms with van der Waals surface area (Å²) in [5.74, 6) is 1.14. The normalized spacial score (nSPS) is 20.6. The van der Waals surface area contributed by atoms with E-state index in [1.54, 1.807) is 0 Å². The van der Waals surface area contributed by atoms with Gasteiger partial charge in [0.05, 0.1) is 11.1 Å². The molecule has 5 rings (SSSR count). The molecule has 0 radical (unpaired) electrons. The molecule has 1 N–H and O–H groups in total. The van der Waals surface area contributed by atoms with Crippen molar-refractivity contribution in [3.05, 3.63) is 36.2 Å². The van der Waals surface area contributed by atoms with Crippen LogP contribution in [0, 0.1) is 0 Å². The number of aromatic nitrogens is 4. The van der Waals surface area contributed by atoms with Crippen LogP contribution in [0.25, 0.3) is 22.6 Å². The first-order valence-corrected chi connectivity index (χ1v) is 10.7. The first kappa shape index (κ1) is 20.9. The quantitative estimate of drug-likeness (QED) is 0.584. The molecule has 1 unspecified atom stereocenters. The molecule has 32 heavy (non-hydrogen) atoms. The summed E-state index contributed by atoms with van der Waals surface area (Å²) >= 11 is 0. The number of nitrogens with one attached hydrogen (secondary N) is 1. The SMILES string of the molecule is CCn1c(-c2ccc(C(F)(F)F)cc2)nc2c(NC3CCN(C4(C=O)CC4)C3)ncnc21. The molecule has 3 aromatic rings. The average Bonchev–Trinajstić information content (AvgIpc) is 3.27. The van der Waals surface area contributed by atoms with Gasteiger partial charge in [0.2, 0.25) is 0 Å². The van der Waals surface area contributed by atoms with E-state index in [2.05, 4.69) is 20.2 Å². The highest BCUT2D eigenvalue weighted by Crippen LogP contribution is 2.42. The summed E-state index contributed by atoms with van der Waals surface area (Å²) < 4.78 is 40.7. The number of hydrogen-bond acceptors (Lipinski definition) is 6. The molecule has 10 heteroatoms. The minimum atomic E-state index is -4.38. The predicted molar refractivity (Wildman–Crippen MR) is 113 cm³/mol. The second kappa shape index (κ2) is 7.54. The number of rotatable bonds is 6. The highest BCUT2D eigenvalue weighted by Gasteiger charge is 2.50. The summed E-state index contributed by atoms with van der Waals surface area (Å²) in [7, 11) is 0.